The third kappa shape index (κ3) is 1.34. The van der Waals surface area contributed by atoms with Crippen molar-refractivity contribution in [2.24, 2.45) is 22.7 Å². The van der Waals surface area contributed by atoms with Gasteiger partial charge in [0.05, 0.1) is 5.92 Å². The van der Waals surface area contributed by atoms with Gasteiger partial charge in [0.25, 0.3) is 0 Å². The summed E-state index contributed by atoms with van der Waals surface area (Å²) < 4.78 is 5.85. The van der Waals surface area contributed by atoms with E-state index in [2.05, 4.69) is 20.8 Å². The van der Waals surface area contributed by atoms with Crippen LogP contribution in [0, 0.1) is 22.7 Å². The molecule has 0 amide bonds. The van der Waals surface area contributed by atoms with Crippen LogP contribution >= 0.6 is 0 Å². The largest absolute Gasteiger partial charge is 0.461 e. The lowest BCUT2D eigenvalue weighted by Crippen LogP contribution is -2.43. The first kappa shape index (κ1) is 10.6. The lowest BCUT2D eigenvalue weighted by Gasteiger charge is -2.41. The number of hydrogen-bond acceptors (Lipinski definition) is 2. The average Bonchev–Trinajstić information content (AvgIpc) is 2.94. The minimum atomic E-state index is 0.0758. The molecule has 3 aliphatic carbocycles. The molecule has 3 unspecified atom stereocenters. The third-order valence-electron chi connectivity index (χ3n) is 5.28. The number of esters is 1. The third-order valence-corrected chi connectivity index (χ3v) is 5.28. The van der Waals surface area contributed by atoms with Crippen LogP contribution in [0.2, 0.25) is 0 Å². The van der Waals surface area contributed by atoms with Gasteiger partial charge in [0.15, 0.2) is 0 Å². The van der Waals surface area contributed by atoms with Crippen LogP contribution in [0.1, 0.15) is 52.9 Å². The van der Waals surface area contributed by atoms with Crippen molar-refractivity contribution >= 4 is 5.97 Å². The van der Waals surface area contributed by atoms with Gasteiger partial charge in [-0.1, -0.05) is 20.8 Å². The summed E-state index contributed by atoms with van der Waals surface area (Å²) >= 11 is 0. The van der Waals surface area contributed by atoms with Crippen LogP contribution in [-0.4, -0.2) is 12.1 Å². The lowest BCUT2D eigenvalue weighted by molar-refractivity contribution is -0.166. The molecule has 0 spiro atoms. The fourth-order valence-electron chi connectivity index (χ4n) is 4.08. The number of fused-ring (bicyclic) bond motifs is 2. The first-order valence-corrected chi connectivity index (χ1v) is 6.64. The van der Waals surface area contributed by atoms with Crippen molar-refractivity contribution in [3.63, 3.8) is 0 Å². The molecular weight excluding hydrogens is 200 g/mol. The topological polar surface area (TPSA) is 26.3 Å². The number of carbonyl (C=O) groups excluding carboxylic acids is 1. The molecule has 0 aliphatic heterocycles. The van der Waals surface area contributed by atoms with Crippen molar-refractivity contribution in [2.75, 3.05) is 0 Å². The Labute approximate surface area is 97.7 Å². The molecule has 0 N–H and O–H groups in total. The Balaban J connectivity index is 1.79. The molecule has 16 heavy (non-hydrogen) atoms. The molecule has 3 saturated carbocycles. The van der Waals surface area contributed by atoms with Crippen LogP contribution in [0.3, 0.4) is 0 Å². The summed E-state index contributed by atoms with van der Waals surface area (Å²) in [7, 11) is 0. The van der Waals surface area contributed by atoms with Crippen molar-refractivity contribution in [3.05, 3.63) is 0 Å². The summed E-state index contributed by atoms with van der Waals surface area (Å²) in [6, 6.07) is 0. The van der Waals surface area contributed by atoms with Gasteiger partial charge in [0.1, 0.15) is 6.10 Å². The van der Waals surface area contributed by atoms with E-state index in [1.165, 1.54) is 19.3 Å². The Kier molecular flexibility index (Phi) is 2.01. The van der Waals surface area contributed by atoms with Gasteiger partial charge in [-0.15, -0.1) is 0 Å². The highest BCUT2D eigenvalue weighted by Crippen LogP contribution is 2.63. The van der Waals surface area contributed by atoms with Gasteiger partial charge in [-0.05, 0) is 38.0 Å². The number of rotatable bonds is 2. The molecule has 0 aromatic rings. The van der Waals surface area contributed by atoms with E-state index in [1.54, 1.807) is 0 Å². The van der Waals surface area contributed by atoms with Crippen molar-refractivity contribution in [1.82, 2.24) is 0 Å². The smallest absolute Gasteiger partial charge is 0.309 e. The second-order valence-electron chi connectivity index (χ2n) is 7.01. The van der Waals surface area contributed by atoms with Gasteiger partial charge < -0.3 is 4.74 Å². The summed E-state index contributed by atoms with van der Waals surface area (Å²) in [4.78, 5) is 11.8. The second-order valence-corrected chi connectivity index (χ2v) is 7.01. The molecule has 0 heterocycles. The summed E-state index contributed by atoms with van der Waals surface area (Å²) in [5.74, 6) is 1.07. The molecule has 0 saturated heterocycles. The first-order valence-electron chi connectivity index (χ1n) is 6.64. The Hall–Kier alpha value is -0.530. The standard InChI is InChI=1S/C14H22O2/c1-13(2)10-6-7-14(3,8-10)12(13)16-11(15)9-4-5-9/h9-10,12H,4-8H2,1-3H3. The number of carbonyl (C=O) groups is 1. The normalized spacial score (nSPS) is 44.7. The molecule has 3 aliphatic rings. The maximum atomic E-state index is 11.8. The molecule has 2 bridgehead atoms. The molecule has 3 atom stereocenters. The lowest BCUT2D eigenvalue weighted by atomic mass is 9.70. The van der Waals surface area contributed by atoms with Crippen molar-refractivity contribution in [3.8, 4) is 0 Å². The van der Waals surface area contributed by atoms with Crippen molar-refractivity contribution < 1.29 is 9.53 Å². The highest BCUT2D eigenvalue weighted by Gasteiger charge is 2.61. The van der Waals surface area contributed by atoms with Crippen LogP contribution in [-0.2, 0) is 9.53 Å². The summed E-state index contributed by atoms with van der Waals surface area (Å²) in [6.07, 6.45) is 6.07. The molecule has 3 fully saturated rings. The zero-order valence-electron chi connectivity index (χ0n) is 10.6. The molecule has 2 heteroatoms. The van der Waals surface area contributed by atoms with Crippen LogP contribution in [0.15, 0.2) is 0 Å². The highest BCUT2D eigenvalue weighted by molar-refractivity contribution is 5.75. The zero-order valence-corrected chi connectivity index (χ0v) is 10.6. The fourth-order valence-corrected chi connectivity index (χ4v) is 4.08. The van der Waals surface area contributed by atoms with E-state index >= 15 is 0 Å². The van der Waals surface area contributed by atoms with Crippen molar-refractivity contribution in [1.29, 1.82) is 0 Å². The predicted octanol–water partition coefficient (Wildman–Crippen LogP) is 3.15. The molecule has 0 radical (unpaired) electrons. The zero-order chi connectivity index (χ0) is 11.6. The molecule has 0 aromatic carbocycles. The quantitative estimate of drug-likeness (QED) is 0.671. The van der Waals surface area contributed by atoms with Gasteiger partial charge in [-0.2, -0.15) is 0 Å². The van der Waals surface area contributed by atoms with E-state index < -0.39 is 0 Å². The second kappa shape index (κ2) is 3.02. The Bertz CT molecular complexity index is 325. The summed E-state index contributed by atoms with van der Waals surface area (Å²) in [5, 5.41) is 0. The van der Waals surface area contributed by atoms with E-state index in [4.69, 9.17) is 4.74 Å². The maximum Gasteiger partial charge on any atom is 0.309 e. The van der Waals surface area contributed by atoms with E-state index in [9.17, 15) is 4.79 Å². The summed E-state index contributed by atoms with van der Waals surface area (Å²) in [5.41, 5.74) is 0.455. The summed E-state index contributed by atoms with van der Waals surface area (Å²) in [6.45, 7) is 6.88. The SMILES string of the molecule is CC12CCC(C1)C(C)(C)C2OC(=O)C1CC1. The van der Waals surface area contributed by atoms with Crippen LogP contribution in [0.5, 0.6) is 0 Å². The van der Waals surface area contributed by atoms with Crippen molar-refractivity contribution in [2.45, 2.75) is 59.0 Å². The minimum Gasteiger partial charge on any atom is -0.461 e. The van der Waals surface area contributed by atoms with Crippen LogP contribution < -0.4 is 0 Å². The average molecular weight is 222 g/mol. The van der Waals surface area contributed by atoms with E-state index in [0.29, 0.717) is 0 Å². The Morgan fingerprint density at radius 3 is 2.38 bits per heavy atom. The van der Waals surface area contributed by atoms with E-state index in [0.717, 1.165) is 18.8 Å². The molecular formula is C14H22O2. The molecule has 2 nitrogen and oxygen atoms in total. The van der Waals surface area contributed by atoms with Gasteiger partial charge in [0.2, 0.25) is 0 Å². The van der Waals surface area contributed by atoms with Gasteiger partial charge in [0, 0.05) is 10.8 Å². The minimum absolute atomic E-state index is 0.0758. The highest BCUT2D eigenvalue weighted by atomic mass is 16.5. The predicted molar refractivity (Wildman–Crippen MR) is 61.8 cm³/mol. The van der Waals surface area contributed by atoms with Crippen LogP contribution in [0.4, 0.5) is 0 Å². The number of ether oxygens (including phenoxy) is 1. The molecule has 90 valence electrons. The van der Waals surface area contributed by atoms with Crippen LogP contribution in [0.25, 0.3) is 0 Å². The van der Waals surface area contributed by atoms with E-state index in [-0.39, 0.29) is 28.8 Å². The van der Waals surface area contributed by atoms with E-state index in [1.807, 2.05) is 0 Å². The Morgan fingerprint density at radius 1 is 1.19 bits per heavy atom. The number of hydrogen-bond donors (Lipinski definition) is 0. The monoisotopic (exact) mass is 222 g/mol. The molecule has 0 aromatic heterocycles. The maximum absolute atomic E-state index is 11.8. The molecule has 3 rings (SSSR count). The first-order chi connectivity index (χ1) is 7.43. The fraction of sp³-hybridized carbons (Fsp3) is 0.929. The Morgan fingerprint density at radius 2 is 1.88 bits per heavy atom. The van der Waals surface area contributed by atoms with Gasteiger partial charge in [-0.25, -0.2) is 0 Å². The van der Waals surface area contributed by atoms with Gasteiger partial charge >= 0.3 is 5.97 Å². The van der Waals surface area contributed by atoms with Gasteiger partial charge in [-0.3, -0.25) is 4.79 Å².